The SMILES string of the molecule is COC(=O)C1(C(=O)OC)C[C@@H](O)c2ccccc2[C@H]1Nc1ccccc1. The quantitative estimate of drug-likeness (QED) is 0.648. The first-order valence-corrected chi connectivity index (χ1v) is 8.30. The van der Waals surface area contributed by atoms with Crippen molar-refractivity contribution in [3.05, 3.63) is 65.7 Å². The minimum absolute atomic E-state index is 0.131. The van der Waals surface area contributed by atoms with E-state index in [1.807, 2.05) is 36.4 Å². The molecule has 0 saturated carbocycles. The Balaban J connectivity index is 2.20. The van der Waals surface area contributed by atoms with Gasteiger partial charge in [0.15, 0.2) is 5.41 Å². The molecule has 0 fully saturated rings. The van der Waals surface area contributed by atoms with Crippen molar-refractivity contribution in [1.29, 1.82) is 0 Å². The lowest BCUT2D eigenvalue weighted by Gasteiger charge is -2.42. The molecular formula is C20H21NO5. The molecule has 136 valence electrons. The van der Waals surface area contributed by atoms with E-state index in [0.717, 1.165) is 5.69 Å². The molecule has 2 aromatic carbocycles. The van der Waals surface area contributed by atoms with Crippen LogP contribution in [0.2, 0.25) is 0 Å². The number of benzene rings is 2. The third kappa shape index (κ3) is 2.82. The molecule has 0 spiro atoms. The number of hydrogen-bond donors (Lipinski definition) is 2. The lowest BCUT2D eigenvalue weighted by atomic mass is 9.66. The Kier molecular flexibility index (Phi) is 4.95. The molecule has 0 radical (unpaired) electrons. The van der Waals surface area contributed by atoms with Crippen molar-refractivity contribution < 1.29 is 24.2 Å². The maximum Gasteiger partial charge on any atom is 0.325 e. The van der Waals surface area contributed by atoms with Gasteiger partial charge in [-0.3, -0.25) is 9.59 Å². The Morgan fingerprint density at radius 2 is 1.50 bits per heavy atom. The Bertz CT molecular complexity index is 789. The van der Waals surface area contributed by atoms with Gasteiger partial charge in [-0.05, 0) is 23.3 Å². The zero-order chi connectivity index (χ0) is 18.7. The minimum Gasteiger partial charge on any atom is -0.468 e. The summed E-state index contributed by atoms with van der Waals surface area (Å²) in [6.07, 6.45) is -1.12. The van der Waals surface area contributed by atoms with Gasteiger partial charge in [-0.2, -0.15) is 0 Å². The number of aliphatic hydroxyl groups excluding tert-OH is 1. The number of carbonyl (C=O) groups excluding carboxylic acids is 2. The van der Waals surface area contributed by atoms with Crippen LogP contribution >= 0.6 is 0 Å². The van der Waals surface area contributed by atoms with Gasteiger partial charge >= 0.3 is 11.9 Å². The zero-order valence-corrected chi connectivity index (χ0v) is 14.6. The number of esters is 2. The number of carbonyl (C=O) groups is 2. The van der Waals surface area contributed by atoms with Crippen LogP contribution in [0.4, 0.5) is 5.69 Å². The van der Waals surface area contributed by atoms with E-state index in [1.165, 1.54) is 14.2 Å². The van der Waals surface area contributed by atoms with Crippen molar-refractivity contribution in [2.45, 2.75) is 18.6 Å². The lowest BCUT2D eigenvalue weighted by molar-refractivity contribution is -0.174. The third-order valence-electron chi connectivity index (χ3n) is 4.86. The highest BCUT2D eigenvalue weighted by Gasteiger charge is 2.59. The van der Waals surface area contributed by atoms with Crippen LogP contribution in [-0.2, 0) is 19.1 Å². The fraction of sp³-hybridized carbons (Fsp3) is 0.300. The molecule has 3 rings (SSSR count). The smallest absolute Gasteiger partial charge is 0.325 e. The summed E-state index contributed by atoms with van der Waals surface area (Å²) in [4.78, 5) is 25.5. The summed E-state index contributed by atoms with van der Waals surface area (Å²) in [7, 11) is 2.44. The second-order valence-electron chi connectivity index (χ2n) is 6.25. The van der Waals surface area contributed by atoms with Crippen LogP contribution in [0.25, 0.3) is 0 Å². The Labute approximate surface area is 151 Å². The monoisotopic (exact) mass is 355 g/mol. The molecule has 0 saturated heterocycles. The van der Waals surface area contributed by atoms with E-state index in [0.29, 0.717) is 11.1 Å². The Hall–Kier alpha value is -2.86. The molecule has 6 heteroatoms. The molecule has 26 heavy (non-hydrogen) atoms. The topological polar surface area (TPSA) is 84.9 Å². The number of anilines is 1. The van der Waals surface area contributed by atoms with Gasteiger partial charge in [-0.1, -0.05) is 42.5 Å². The molecule has 2 atom stereocenters. The van der Waals surface area contributed by atoms with Gasteiger partial charge in [0.2, 0.25) is 0 Å². The van der Waals surface area contributed by atoms with E-state index in [9.17, 15) is 14.7 Å². The van der Waals surface area contributed by atoms with Gasteiger partial charge in [0.25, 0.3) is 0 Å². The summed E-state index contributed by atoms with van der Waals surface area (Å²) >= 11 is 0. The van der Waals surface area contributed by atoms with E-state index < -0.39 is 29.5 Å². The van der Waals surface area contributed by atoms with Crippen molar-refractivity contribution >= 4 is 17.6 Å². The van der Waals surface area contributed by atoms with Gasteiger partial charge in [0, 0.05) is 12.1 Å². The summed E-state index contributed by atoms with van der Waals surface area (Å²) in [6.45, 7) is 0. The predicted octanol–water partition coefficient (Wildman–Crippen LogP) is 2.61. The fourth-order valence-electron chi connectivity index (χ4n) is 3.63. The maximum atomic E-state index is 12.8. The number of hydrogen-bond acceptors (Lipinski definition) is 6. The summed E-state index contributed by atoms with van der Waals surface area (Å²) in [5.41, 5.74) is 0.365. The molecule has 6 nitrogen and oxygen atoms in total. The molecule has 0 aliphatic heterocycles. The van der Waals surface area contributed by atoms with Crippen LogP contribution in [0.15, 0.2) is 54.6 Å². The summed E-state index contributed by atoms with van der Waals surface area (Å²) in [6, 6.07) is 15.7. The molecule has 0 heterocycles. The molecule has 0 bridgehead atoms. The summed E-state index contributed by atoms with van der Waals surface area (Å²) < 4.78 is 9.91. The lowest BCUT2D eigenvalue weighted by Crippen LogP contribution is -2.52. The largest absolute Gasteiger partial charge is 0.468 e. The molecule has 0 amide bonds. The number of methoxy groups -OCH3 is 2. The standard InChI is InChI=1S/C20H21NO5/c1-25-18(23)20(19(24)26-2)12-16(22)14-10-6-7-11-15(14)17(20)21-13-8-4-3-5-9-13/h3-11,16-17,21-22H,12H2,1-2H3/t16-,17-/m1/s1. The predicted molar refractivity (Wildman–Crippen MR) is 95.3 cm³/mol. The van der Waals surface area contributed by atoms with Gasteiger partial charge < -0.3 is 19.9 Å². The van der Waals surface area contributed by atoms with Crippen molar-refractivity contribution in [3.63, 3.8) is 0 Å². The fourth-order valence-corrected chi connectivity index (χ4v) is 3.63. The number of aliphatic hydroxyl groups is 1. The maximum absolute atomic E-state index is 12.8. The summed E-state index contributed by atoms with van der Waals surface area (Å²) in [5, 5.41) is 13.9. The number of nitrogens with one attached hydrogen (secondary N) is 1. The number of rotatable bonds is 4. The first-order chi connectivity index (χ1) is 12.5. The van der Waals surface area contributed by atoms with E-state index in [1.54, 1.807) is 18.2 Å². The number of para-hydroxylation sites is 1. The number of ether oxygens (including phenoxy) is 2. The van der Waals surface area contributed by atoms with Crippen LogP contribution in [0.3, 0.4) is 0 Å². The molecular weight excluding hydrogens is 334 g/mol. The normalized spacial score (nSPS) is 20.6. The second-order valence-corrected chi connectivity index (χ2v) is 6.25. The van der Waals surface area contributed by atoms with Crippen molar-refractivity contribution in [1.82, 2.24) is 0 Å². The van der Waals surface area contributed by atoms with Gasteiger partial charge in [-0.15, -0.1) is 0 Å². The van der Waals surface area contributed by atoms with Crippen LogP contribution in [0, 0.1) is 5.41 Å². The Morgan fingerprint density at radius 3 is 2.08 bits per heavy atom. The highest BCUT2D eigenvalue weighted by molar-refractivity contribution is 6.02. The van der Waals surface area contributed by atoms with Crippen LogP contribution < -0.4 is 5.32 Å². The van der Waals surface area contributed by atoms with Gasteiger partial charge in [0.05, 0.1) is 26.4 Å². The first kappa shape index (κ1) is 17.9. The molecule has 2 aromatic rings. The van der Waals surface area contributed by atoms with E-state index in [2.05, 4.69) is 5.32 Å². The van der Waals surface area contributed by atoms with E-state index >= 15 is 0 Å². The molecule has 1 aliphatic rings. The van der Waals surface area contributed by atoms with E-state index in [4.69, 9.17) is 9.47 Å². The van der Waals surface area contributed by atoms with E-state index in [-0.39, 0.29) is 6.42 Å². The third-order valence-corrected chi connectivity index (χ3v) is 4.86. The van der Waals surface area contributed by atoms with Crippen molar-refractivity contribution in [3.8, 4) is 0 Å². The highest BCUT2D eigenvalue weighted by atomic mass is 16.5. The van der Waals surface area contributed by atoms with Gasteiger partial charge in [-0.25, -0.2) is 0 Å². The summed E-state index contributed by atoms with van der Waals surface area (Å²) in [5.74, 6) is -1.49. The van der Waals surface area contributed by atoms with Crippen LogP contribution in [0.1, 0.15) is 29.7 Å². The highest BCUT2D eigenvalue weighted by Crippen LogP contribution is 2.51. The van der Waals surface area contributed by atoms with Crippen LogP contribution in [0.5, 0.6) is 0 Å². The number of fused-ring (bicyclic) bond motifs is 1. The molecule has 2 N–H and O–H groups in total. The first-order valence-electron chi connectivity index (χ1n) is 8.30. The second kappa shape index (κ2) is 7.17. The average Bonchev–Trinajstić information content (AvgIpc) is 2.69. The Morgan fingerprint density at radius 1 is 0.962 bits per heavy atom. The zero-order valence-electron chi connectivity index (χ0n) is 14.6. The minimum atomic E-state index is -1.70. The van der Waals surface area contributed by atoms with Crippen molar-refractivity contribution in [2.75, 3.05) is 19.5 Å². The average molecular weight is 355 g/mol. The molecule has 0 unspecified atom stereocenters. The van der Waals surface area contributed by atoms with Crippen LogP contribution in [-0.4, -0.2) is 31.3 Å². The van der Waals surface area contributed by atoms with Gasteiger partial charge in [0.1, 0.15) is 0 Å². The van der Waals surface area contributed by atoms with Crippen molar-refractivity contribution in [2.24, 2.45) is 5.41 Å². The molecule has 1 aliphatic carbocycles. The molecule has 0 aromatic heterocycles.